The summed E-state index contributed by atoms with van der Waals surface area (Å²) < 4.78 is 0. The minimum atomic E-state index is -0.375. The number of carbonyl (C=O) groups is 2. The van der Waals surface area contributed by atoms with Crippen molar-refractivity contribution in [3.05, 3.63) is 35.9 Å². The predicted molar refractivity (Wildman–Crippen MR) is 95.3 cm³/mol. The quantitative estimate of drug-likeness (QED) is 0.833. The molecule has 1 fully saturated rings. The van der Waals surface area contributed by atoms with Gasteiger partial charge in [-0.15, -0.1) is 0 Å². The van der Waals surface area contributed by atoms with E-state index in [0.29, 0.717) is 26.1 Å². The third-order valence-corrected chi connectivity index (χ3v) is 4.66. The number of piperidine rings is 1. The zero-order chi connectivity index (χ0) is 17.6. The lowest BCUT2D eigenvalue weighted by atomic mass is 9.94. The highest BCUT2D eigenvalue weighted by Gasteiger charge is 2.29. The fourth-order valence-corrected chi connectivity index (χ4v) is 2.93. The smallest absolute Gasteiger partial charge is 0.223 e. The number of nitrogens with zero attached hydrogens (tertiary/aromatic N) is 1. The first kappa shape index (κ1) is 18.5. The number of aryl methyl sites for hydroxylation is 1. The predicted octanol–water partition coefficient (Wildman–Crippen LogP) is 1.71. The Morgan fingerprint density at radius 3 is 2.42 bits per heavy atom. The molecule has 2 amide bonds. The van der Waals surface area contributed by atoms with E-state index in [-0.39, 0.29) is 23.3 Å². The molecule has 5 nitrogen and oxygen atoms in total. The monoisotopic (exact) mass is 331 g/mol. The Kier molecular flexibility index (Phi) is 6.37. The third-order valence-electron chi connectivity index (χ3n) is 4.66. The Morgan fingerprint density at radius 2 is 1.83 bits per heavy atom. The summed E-state index contributed by atoms with van der Waals surface area (Å²) in [7, 11) is 0. The fraction of sp³-hybridized carbons (Fsp3) is 0.579. The van der Waals surface area contributed by atoms with Gasteiger partial charge in [-0.05, 0) is 38.7 Å². The van der Waals surface area contributed by atoms with Crippen LogP contribution in [0.2, 0.25) is 0 Å². The maximum Gasteiger partial charge on any atom is 0.223 e. The maximum absolute atomic E-state index is 12.3. The minimum Gasteiger partial charge on any atom is -0.350 e. The summed E-state index contributed by atoms with van der Waals surface area (Å²) in [5.41, 5.74) is 6.47. The molecule has 1 heterocycles. The van der Waals surface area contributed by atoms with Crippen LogP contribution in [-0.2, 0) is 16.0 Å². The van der Waals surface area contributed by atoms with Crippen molar-refractivity contribution >= 4 is 11.8 Å². The lowest BCUT2D eigenvalue weighted by Gasteiger charge is -2.33. The molecule has 1 aromatic carbocycles. The molecule has 0 aliphatic carbocycles. The van der Waals surface area contributed by atoms with E-state index in [0.717, 1.165) is 19.3 Å². The lowest BCUT2D eigenvalue weighted by molar-refractivity contribution is -0.136. The van der Waals surface area contributed by atoms with Crippen molar-refractivity contribution in [1.82, 2.24) is 10.2 Å². The Labute approximate surface area is 144 Å². The van der Waals surface area contributed by atoms with Crippen LogP contribution in [0.25, 0.3) is 0 Å². The van der Waals surface area contributed by atoms with Crippen molar-refractivity contribution in [2.75, 3.05) is 19.6 Å². The summed E-state index contributed by atoms with van der Waals surface area (Å²) in [5, 5.41) is 3.00. The molecule has 3 N–H and O–H groups in total. The largest absolute Gasteiger partial charge is 0.350 e. The zero-order valence-corrected chi connectivity index (χ0v) is 14.8. The van der Waals surface area contributed by atoms with Crippen LogP contribution in [0.5, 0.6) is 0 Å². The number of carbonyl (C=O) groups excluding carboxylic acids is 2. The molecule has 132 valence electrons. The molecule has 5 heteroatoms. The standard InChI is InChI=1S/C19H29N3O2/c1-19(2,14-20)21-18(24)16-10-12-22(13-11-16)17(23)9-8-15-6-4-3-5-7-15/h3-7,16H,8-14,20H2,1-2H3,(H,21,24). The van der Waals surface area contributed by atoms with Crippen LogP contribution < -0.4 is 11.1 Å². The van der Waals surface area contributed by atoms with E-state index in [9.17, 15) is 9.59 Å². The molecule has 0 saturated carbocycles. The zero-order valence-electron chi connectivity index (χ0n) is 14.8. The molecule has 2 rings (SSSR count). The Bertz CT molecular complexity index is 549. The van der Waals surface area contributed by atoms with Crippen LogP contribution in [0.4, 0.5) is 0 Å². The van der Waals surface area contributed by atoms with Gasteiger partial charge in [-0.1, -0.05) is 30.3 Å². The Hall–Kier alpha value is -1.88. The van der Waals surface area contributed by atoms with Crippen LogP contribution in [0, 0.1) is 5.92 Å². The number of rotatable bonds is 6. The first-order chi connectivity index (χ1) is 11.4. The van der Waals surface area contributed by atoms with Gasteiger partial charge in [0.1, 0.15) is 0 Å². The second-order valence-electron chi connectivity index (χ2n) is 7.22. The van der Waals surface area contributed by atoms with Crippen molar-refractivity contribution in [3.8, 4) is 0 Å². The lowest BCUT2D eigenvalue weighted by Crippen LogP contribution is -2.52. The van der Waals surface area contributed by atoms with Gasteiger partial charge in [0.25, 0.3) is 0 Å². The maximum atomic E-state index is 12.3. The molecule has 0 aromatic heterocycles. The van der Waals surface area contributed by atoms with Crippen LogP contribution in [0.1, 0.15) is 38.7 Å². The molecular formula is C19H29N3O2. The van der Waals surface area contributed by atoms with Gasteiger partial charge in [0.05, 0.1) is 0 Å². The average Bonchev–Trinajstić information content (AvgIpc) is 2.60. The van der Waals surface area contributed by atoms with Gasteiger partial charge in [-0.25, -0.2) is 0 Å². The topological polar surface area (TPSA) is 75.4 Å². The fourth-order valence-electron chi connectivity index (χ4n) is 2.93. The van der Waals surface area contributed by atoms with Crippen LogP contribution >= 0.6 is 0 Å². The summed E-state index contributed by atoms with van der Waals surface area (Å²) in [6.45, 7) is 5.58. The number of hydrogen-bond acceptors (Lipinski definition) is 3. The van der Waals surface area contributed by atoms with E-state index in [1.165, 1.54) is 5.56 Å². The molecule has 1 aliphatic rings. The van der Waals surface area contributed by atoms with Gasteiger partial charge in [0.2, 0.25) is 11.8 Å². The summed E-state index contributed by atoms with van der Waals surface area (Å²) in [6.07, 6.45) is 2.75. The summed E-state index contributed by atoms with van der Waals surface area (Å²) in [5.74, 6) is 0.218. The van der Waals surface area contributed by atoms with Gasteiger partial charge in [0, 0.05) is 37.5 Å². The minimum absolute atomic E-state index is 0.0194. The number of benzene rings is 1. The first-order valence-corrected chi connectivity index (χ1v) is 8.75. The molecule has 1 aromatic rings. The third kappa shape index (κ3) is 5.34. The first-order valence-electron chi connectivity index (χ1n) is 8.75. The number of nitrogens with one attached hydrogen (secondary N) is 1. The second kappa shape index (κ2) is 8.29. The van der Waals surface area contributed by atoms with Crippen molar-refractivity contribution in [2.45, 2.75) is 45.1 Å². The second-order valence-corrected chi connectivity index (χ2v) is 7.22. The summed E-state index contributed by atoms with van der Waals surface area (Å²) in [6, 6.07) is 10.1. The molecule has 0 bridgehead atoms. The van der Waals surface area contributed by atoms with Gasteiger partial charge in [-0.3, -0.25) is 9.59 Å². The van der Waals surface area contributed by atoms with Crippen LogP contribution in [0.15, 0.2) is 30.3 Å². The molecular weight excluding hydrogens is 302 g/mol. The molecule has 0 atom stereocenters. The SMILES string of the molecule is CC(C)(CN)NC(=O)C1CCN(C(=O)CCc2ccccc2)CC1. The molecule has 24 heavy (non-hydrogen) atoms. The normalized spacial score (nSPS) is 16.0. The van der Waals surface area contributed by atoms with E-state index >= 15 is 0 Å². The van der Waals surface area contributed by atoms with E-state index < -0.39 is 0 Å². The Balaban J connectivity index is 1.75. The average molecular weight is 331 g/mol. The van der Waals surface area contributed by atoms with Gasteiger partial charge >= 0.3 is 0 Å². The highest BCUT2D eigenvalue weighted by Crippen LogP contribution is 2.19. The number of likely N-dealkylation sites (tertiary alicyclic amines) is 1. The van der Waals surface area contributed by atoms with Crippen molar-refractivity contribution in [3.63, 3.8) is 0 Å². The van der Waals surface area contributed by atoms with E-state index in [2.05, 4.69) is 5.32 Å². The van der Waals surface area contributed by atoms with Crippen LogP contribution in [0.3, 0.4) is 0 Å². The highest BCUT2D eigenvalue weighted by atomic mass is 16.2. The number of nitrogens with two attached hydrogens (primary N) is 1. The Morgan fingerprint density at radius 1 is 1.21 bits per heavy atom. The molecule has 0 spiro atoms. The van der Waals surface area contributed by atoms with Gasteiger partial charge in [-0.2, -0.15) is 0 Å². The van der Waals surface area contributed by atoms with E-state index in [4.69, 9.17) is 5.73 Å². The highest BCUT2D eigenvalue weighted by molar-refractivity contribution is 5.80. The molecule has 0 unspecified atom stereocenters. The summed E-state index contributed by atoms with van der Waals surface area (Å²) >= 11 is 0. The van der Waals surface area contributed by atoms with E-state index in [1.54, 1.807) is 0 Å². The number of amides is 2. The van der Waals surface area contributed by atoms with Crippen molar-refractivity contribution in [2.24, 2.45) is 11.7 Å². The molecule has 1 aliphatic heterocycles. The van der Waals surface area contributed by atoms with E-state index in [1.807, 2.05) is 49.1 Å². The summed E-state index contributed by atoms with van der Waals surface area (Å²) in [4.78, 5) is 26.5. The van der Waals surface area contributed by atoms with Gasteiger partial charge < -0.3 is 16.0 Å². The number of hydrogen-bond donors (Lipinski definition) is 2. The van der Waals surface area contributed by atoms with Crippen molar-refractivity contribution in [1.29, 1.82) is 0 Å². The van der Waals surface area contributed by atoms with Crippen LogP contribution in [-0.4, -0.2) is 41.9 Å². The molecule has 0 radical (unpaired) electrons. The van der Waals surface area contributed by atoms with Crippen molar-refractivity contribution < 1.29 is 9.59 Å². The molecule has 1 saturated heterocycles. The van der Waals surface area contributed by atoms with Gasteiger partial charge in [0.15, 0.2) is 0 Å².